The van der Waals surface area contributed by atoms with E-state index in [9.17, 15) is 4.79 Å². The van der Waals surface area contributed by atoms with Crippen LogP contribution in [0.4, 0.5) is 5.82 Å². The van der Waals surface area contributed by atoms with Crippen molar-refractivity contribution in [3.63, 3.8) is 0 Å². The van der Waals surface area contributed by atoms with Gasteiger partial charge < -0.3 is 15.5 Å². The van der Waals surface area contributed by atoms with E-state index in [1.165, 1.54) is 0 Å². The third kappa shape index (κ3) is 3.93. The number of hydrogen-bond acceptors (Lipinski definition) is 5. The molecule has 0 spiro atoms. The van der Waals surface area contributed by atoms with E-state index in [0.717, 1.165) is 17.0 Å². The summed E-state index contributed by atoms with van der Waals surface area (Å²) in [6.45, 7) is 2.22. The molecule has 0 unspecified atom stereocenters. The highest BCUT2D eigenvalue weighted by Crippen LogP contribution is 2.13. The molecule has 1 amide bonds. The molecular formula is C15H18N4O2. The molecule has 2 aromatic rings. The maximum Gasteiger partial charge on any atom is 0.251 e. The first-order valence-corrected chi connectivity index (χ1v) is 6.49. The van der Waals surface area contributed by atoms with Gasteiger partial charge in [-0.1, -0.05) is 12.1 Å². The van der Waals surface area contributed by atoms with Crippen molar-refractivity contribution in [1.29, 1.82) is 0 Å². The maximum absolute atomic E-state index is 12.2. The van der Waals surface area contributed by atoms with Crippen LogP contribution >= 0.6 is 0 Å². The molecule has 0 atom stereocenters. The minimum absolute atomic E-state index is 0.181. The summed E-state index contributed by atoms with van der Waals surface area (Å²) in [5.74, 6) is 6.37. The zero-order valence-corrected chi connectivity index (χ0v) is 12.0. The predicted octanol–water partition coefficient (Wildman–Crippen LogP) is 1.61. The monoisotopic (exact) mass is 286 g/mol. The minimum atomic E-state index is -0.181. The molecular weight excluding hydrogens is 268 g/mol. The van der Waals surface area contributed by atoms with Crippen molar-refractivity contribution >= 4 is 11.7 Å². The molecule has 21 heavy (non-hydrogen) atoms. The molecule has 6 heteroatoms. The second-order valence-corrected chi connectivity index (χ2v) is 4.56. The summed E-state index contributed by atoms with van der Waals surface area (Å²) in [4.78, 5) is 16.3. The number of hydrogen-bond donors (Lipinski definition) is 3. The predicted molar refractivity (Wildman–Crippen MR) is 80.9 cm³/mol. The van der Waals surface area contributed by atoms with Crippen molar-refractivity contribution in [2.75, 3.05) is 12.5 Å². The van der Waals surface area contributed by atoms with Crippen molar-refractivity contribution in [2.45, 2.75) is 13.5 Å². The van der Waals surface area contributed by atoms with Crippen molar-refractivity contribution < 1.29 is 9.53 Å². The number of hydrazine groups is 1. The Morgan fingerprint density at radius 1 is 1.33 bits per heavy atom. The van der Waals surface area contributed by atoms with Gasteiger partial charge in [0, 0.05) is 17.8 Å². The molecule has 4 N–H and O–H groups in total. The fourth-order valence-corrected chi connectivity index (χ4v) is 1.94. The van der Waals surface area contributed by atoms with E-state index in [2.05, 4.69) is 15.7 Å². The molecule has 0 bridgehead atoms. The Balaban J connectivity index is 2.06. The Morgan fingerprint density at radius 3 is 2.86 bits per heavy atom. The normalized spacial score (nSPS) is 10.0. The van der Waals surface area contributed by atoms with Crippen LogP contribution in [0.15, 0.2) is 36.4 Å². The minimum Gasteiger partial charge on any atom is -0.497 e. The Morgan fingerprint density at radius 2 is 2.14 bits per heavy atom. The number of rotatable bonds is 5. The van der Waals surface area contributed by atoms with Gasteiger partial charge in [0.05, 0.1) is 7.11 Å². The SMILES string of the molecule is COc1cccc(CNC(=O)c2cc(C)nc(NN)c2)c1. The second-order valence-electron chi connectivity index (χ2n) is 4.56. The van der Waals surface area contributed by atoms with Crippen LogP contribution in [0.1, 0.15) is 21.6 Å². The number of aromatic nitrogens is 1. The maximum atomic E-state index is 12.2. The Kier molecular flexibility index (Phi) is 4.73. The van der Waals surface area contributed by atoms with Gasteiger partial charge in [0.1, 0.15) is 11.6 Å². The van der Waals surface area contributed by atoms with Crippen LogP contribution < -0.4 is 21.3 Å². The van der Waals surface area contributed by atoms with Crippen LogP contribution in [-0.2, 0) is 6.54 Å². The summed E-state index contributed by atoms with van der Waals surface area (Å²) in [7, 11) is 1.61. The third-order valence-corrected chi connectivity index (χ3v) is 2.95. The van der Waals surface area contributed by atoms with E-state index >= 15 is 0 Å². The van der Waals surface area contributed by atoms with Crippen molar-refractivity contribution in [1.82, 2.24) is 10.3 Å². The molecule has 1 heterocycles. The molecule has 0 aliphatic heterocycles. The number of carbonyl (C=O) groups excluding carboxylic acids is 1. The molecule has 0 aliphatic rings. The van der Waals surface area contributed by atoms with Crippen molar-refractivity contribution in [3.8, 4) is 5.75 Å². The van der Waals surface area contributed by atoms with E-state index in [0.29, 0.717) is 17.9 Å². The standard InChI is InChI=1S/C15H18N4O2/c1-10-6-12(8-14(18-10)19-16)15(20)17-9-11-4-3-5-13(7-11)21-2/h3-8H,9,16H2,1-2H3,(H,17,20)(H,18,19). The van der Waals surface area contributed by atoms with Gasteiger partial charge in [0.25, 0.3) is 5.91 Å². The lowest BCUT2D eigenvalue weighted by Crippen LogP contribution is -2.23. The average Bonchev–Trinajstić information content (AvgIpc) is 2.52. The van der Waals surface area contributed by atoms with Gasteiger partial charge in [0.15, 0.2) is 0 Å². The van der Waals surface area contributed by atoms with E-state index < -0.39 is 0 Å². The van der Waals surface area contributed by atoms with Crippen LogP contribution in [0.2, 0.25) is 0 Å². The van der Waals surface area contributed by atoms with Gasteiger partial charge in [0.2, 0.25) is 0 Å². The number of nitrogens with zero attached hydrogens (tertiary/aromatic N) is 1. The second kappa shape index (κ2) is 6.71. The Hall–Kier alpha value is -2.60. The Labute approximate surface area is 123 Å². The lowest BCUT2D eigenvalue weighted by molar-refractivity contribution is 0.0950. The number of aryl methyl sites for hydroxylation is 1. The zero-order valence-electron chi connectivity index (χ0n) is 12.0. The Bertz CT molecular complexity index is 643. The van der Waals surface area contributed by atoms with Gasteiger partial charge in [-0.3, -0.25) is 4.79 Å². The number of carbonyl (C=O) groups is 1. The summed E-state index contributed by atoms with van der Waals surface area (Å²) >= 11 is 0. The lowest BCUT2D eigenvalue weighted by Gasteiger charge is -2.09. The highest BCUT2D eigenvalue weighted by atomic mass is 16.5. The summed E-state index contributed by atoms with van der Waals surface area (Å²) in [6, 6.07) is 10.9. The van der Waals surface area contributed by atoms with E-state index in [4.69, 9.17) is 10.6 Å². The first-order valence-electron chi connectivity index (χ1n) is 6.49. The number of amides is 1. The van der Waals surface area contributed by atoms with E-state index in [1.807, 2.05) is 24.3 Å². The number of nitrogens with two attached hydrogens (primary N) is 1. The molecule has 0 saturated heterocycles. The highest BCUT2D eigenvalue weighted by molar-refractivity contribution is 5.94. The van der Waals surface area contributed by atoms with Crippen LogP contribution in [0.5, 0.6) is 5.75 Å². The van der Waals surface area contributed by atoms with Crippen LogP contribution in [0, 0.1) is 6.92 Å². The highest BCUT2D eigenvalue weighted by Gasteiger charge is 2.08. The fraction of sp³-hybridized carbons (Fsp3) is 0.200. The van der Waals surface area contributed by atoms with Crippen molar-refractivity contribution in [3.05, 3.63) is 53.2 Å². The molecule has 0 saturated carbocycles. The summed E-state index contributed by atoms with van der Waals surface area (Å²) < 4.78 is 5.15. The number of methoxy groups -OCH3 is 1. The zero-order chi connectivity index (χ0) is 15.2. The molecule has 1 aromatic carbocycles. The largest absolute Gasteiger partial charge is 0.497 e. The summed E-state index contributed by atoms with van der Waals surface area (Å²) in [6.07, 6.45) is 0. The van der Waals surface area contributed by atoms with E-state index in [-0.39, 0.29) is 5.91 Å². The molecule has 6 nitrogen and oxygen atoms in total. The van der Waals surface area contributed by atoms with Gasteiger partial charge in [-0.15, -0.1) is 0 Å². The number of anilines is 1. The molecule has 2 rings (SSSR count). The number of nitrogen functional groups attached to an aromatic ring is 1. The number of pyridine rings is 1. The number of ether oxygens (including phenoxy) is 1. The van der Waals surface area contributed by atoms with Crippen molar-refractivity contribution in [2.24, 2.45) is 5.84 Å². The summed E-state index contributed by atoms with van der Waals surface area (Å²) in [5, 5.41) is 2.85. The number of benzene rings is 1. The fourth-order valence-electron chi connectivity index (χ4n) is 1.94. The molecule has 0 aliphatic carbocycles. The molecule has 0 radical (unpaired) electrons. The van der Waals surface area contributed by atoms with Gasteiger partial charge in [-0.2, -0.15) is 0 Å². The van der Waals surface area contributed by atoms with E-state index in [1.54, 1.807) is 26.2 Å². The molecule has 0 fully saturated rings. The van der Waals surface area contributed by atoms with Gasteiger partial charge in [-0.25, -0.2) is 10.8 Å². The third-order valence-electron chi connectivity index (χ3n) is 2.95. The molecule has 110 valence electrons. The first-order chi connectivity index (χ1) is 10.1. The van der Waals surface area contributed by atoms with Crippen LogP contribution in [0.25, 0.3) is 0 Å². The average molecular weight is 286 g/mol. The molecule has 1 aromatic heterocycles. The summed E-state index contributed by atoms with van der Waals surface area (Å²) in [5.41, 5.74) is 4.64. The van der Waals surface area contributed by atoms with Crippen LogP contribution in [-0.4, -0.2) is 18.0 Å². The smallest absolute Gasteiger partial charge is 0.251 e. The topological polar surface area (TPSA) is 89.3 Å². The first kappa shape index (κ1) is 14.8. The lowest BCUT2D eigenvalue weighted by atomic mass is 10.2. The van der Waals surface area contributed by atoms with Gasteiger partial charge >= 0.3 is 0 Å². The quantitative estimate of drug-likeness (QED) is 0.574. The van der Waals surface area contributed by atoms with Crippen LogP contribution in [0.3, 0.4) is 0 Å². The van der Waals surface area contributed by atoms with Gasteiger partial charge in [-0.05, 0) is 36.8 Å². The number of nitrogens with one attached hydrogen (secondary N) is 2.